The highest BCUT2D eigenvalue weighted by Crippen LogP contribution is 2.28. The van der Waals surface area contributed by atoms with Crippen LogP contribution in [0.2, 0.25) is 0 Å². The minimum absolute atomic E-state index is 0.230. The molecule has 0 radical (unpaired) electrons. The van der Waals surface area contributed by atoms with Gasteiger partial charge in [-0.25, -0.2) is 5.43 Å². The molecule has 192 valence electrons. The number of nitrogens with one attached hydrogen (secondary N) is 3. The SMILES string of the molecule is CCOc1cc(/C=N\NC(=O)C(=O)NCc2ccccc2)ccc1OCC(=O)Nc1cccc(OC)c1. The van der Waals surface area contributed by atoms with Crippen molar-refractivity contribution in [2.24, 2.45) is 5.10 Å². The molecule has 3 aromatic carbocycles. The highest BCUT2D eigenvalue weighted by atomic mass is 16.5. The number of benzene rings is 3. The van der Waals surface area contributed by atoms with Gasteiger partial charge in [-0.2, -0.15) is 5.10 Å². The molecule has 3 amide bonds. The Morgan fingerprint density at radius 1 is 0.892 bits per heavy atom. The lowest BCUT2D eigenvalue weighted by Crippen LogP contribution is -2.37. The van der Waals surface area contributed by atoms with E-state index in [1.165, 1.54) is 6.21 Å². The molecule has 0 aliphatic heterocycles. The van der Waals surface area contributed by atoms with Gasteiger partial charge in [-0.15, -0.1) is 0 Å². The molecular formula is C27H28N4O6. The normalized spacial score (nSPS) is 10.4. The number of carbonyl (C=O) groups is 3. The topological polar surface area (TPSA) is 127 Å². The molecule has 3 N–H and O–H groups in total. The minimum Gasteiger partial charge on any atom is -0.497 e. The summed E-state index contributed by atoms with van der Waals surface area (Å²) in [5, 5.41) is 9.09. The van der Waals surface area contributed by atoms with Crippen LogP contribution in [0.15, 0.2) is 77.9 Å². The third-order valence-electron chi connectivity index (χ3n) is 4.86. The monoisotopic (exact) mass is 504 g/mol. The van der Waals surface area contributed by atoms with Crippen LogP contribution in [0.1, 0.15) is 18.1 Å². The predicted octanol–water partition coefficient (Wildman–Crippen LogP) is 2.88. The second kappa shape index (κ2) is 13.9. The number of nitrogens with zero attached hydrogens (tertiary/aromatic N) is 1. The lowest BCUT2D eigenvalue weighted by Gasteiger charge is -2.13. The number of rotatable bonds is 11. The van der Waals surface area contributed by atoms with Crippen LogP contribution in [0.25, 0.3) is 0 Å². The fourth-order valence-corrected chi connectivity index (χ4v) is 3.11. The van der Waals surface area contributed by atoms with Gasteiger partial charge in [0.05, 0.1) is 19.9 Å². The van der Waals surface area contributed by atoms with Gasteiger partial charge in [-0.05, 0) is 48.4 Å². The van der Waals surface area contributed by atoms with Gasteiger partial charge in [0.2, 0.25) is 0 Å². The molecule has 0 spiro atoms. The molecule has 0 atom stereocenters. The summed E-state index contributed by atoms with van der Waals surface area (Å²) in [4.78, 5) is 36.2. The summed E-state index contributed by atoms with van der Waals surface area (Å²) < 4.78 is 16.4. The fourth-order valence-electron chi connectivity index (χ4n) is 3.11. The molecule has 0 fully saturated rings. The summed E-state index contributed by atoms with van der Waals surface area (Å²) in [7, 11) is 1.55. The Labute approximate surface area is 214 Å². The number of hydrogen-bond donors (Lipinski definition) is 3. The largest absolute Gasteiger partial charge is 0.497 e. The molecule has 0 saturated carbocycles. The van der Waals surface area contributed by atoms with Gasteiger partial charge in [-0.1, -0.05) is 36.4 Å². The van der Waals surface area contributed by atoms with E-state index in [9.17, 15) is 14.4 Å². The van der Waals surface area contributed by atoms with Crippen molar-refractivity contribution in [3.05, 3.63) is 83.9 Å². The van der Waals surface area contributed by atoms with Crippen LogP contribution in [0.4, 0.5) is 5.69 Å². The Hall–Kier alpha value is -4.86. The number of methoxy groups -OCH3 is 1. The summed E-state index contributed by atoms with van der Waals surface area (Å²) in [6.45, 7) is 2.17. The highest BCUT2D eigenvalue weighted by molar-refractivity contribution is 6.35. The van der Waals surface area contributed by atoms with Gasteiger partial charge in [0.25, 0.3) is 5.91 Å². The Bertz CT molecular complexity index is 1250. The van der Waals surface area contributed by atoms with Gasteiger partial charge in [0.15, 0.2) is 18.1 Å². The Kier molecular flexibility index (Phi) is 10.0. The Morgan fingerprint density at radius 2 is 1.70 bits per heavy atom. The maximum absolute atomic E-state index is 12.3. The van der Waals surface area contributed by atoms with Gasteiger partial charge in [0.1, 0.15) is 5.75 Å². The zero-order chi connectivity index (χ0) is 26.5. The Balaban J connectivity index is 1.52. The van der Waals surface area contributed by atoms with Crippen molar-refractivity contribution in [3.8, 4) is 17.2 Å². The fraction of sp³-hybridized carbons (Fsp3) is 0.185. The maximum Gasteiger partial charge on any atom is 0.329 e. The molecule has 0 saturated heterocycles. The zero-order valence-electron chi connectivity index (χ0n) is 20.5. The smallest absolute Gasteiger partial charge is 0.329 e. The molecule has 10 nitrogen and oxygen atoms in total. The molecule has 3 aromatic rings. The van der Waals surface area contributed by atoms with E-state index in [2.05, 4.69) is 21.2 Å². The second-order valence-corrected chi connectivity index (χ2v) is 7.58. The summed E-state index contributed by atoms with van der Waals surface area (Å²) >= 11 is 0. The number of ether oxygens (including phenoxy) is 3. The minimum atomic E-state index is -0.890. The van der Waals surface area contributed by atoms with E-state index < -0.39 is 11.8 Å². The average molecular weight is 505 g/mol. The molecule has 0 aliphatic carbocycles. The number of hydrogen-bond acceptors (Lipinski definition) is 7. The second-order valence-electron chi connectivity index (χ2n) is 7.58. The van der Waals surface area contributed by atoms with E-state index in [-0.39, 0.29) is 19.1 Å². The van der Waals surface area contributed by atoms with Crippen LogP contribution >= 0.6 is 0 Å². The highest BCUT2D eigenvalue weighted by Gasteiger charge is 2.12. The first kappa shape index (κ1) is 26.7. The third kappa shape index (κ3) is 8.70. The summed E-state index contributed by atoms with van der Waals surface area (Å²) in [5.41, 5.74) is 4.23. The molecule has 3 rings (SSSR count). The van der Waals surface area contributed by atoms with Crippen molar-refractivity contribution >= 4 is 29.6 Å². The van der Waals surface area contributed by atoms with Gasteiger partial charge in [0, 0.05) is 18.3 Å². The quantitative estimate of drug-likeness (QED) is 0.209. The van der Waals surface area contributed by atoms with E-state index in [1.807, 2.05) is 37.3 Å². The number of hydrazone groups is 1. The lowest BCUT2D eigenvalue weighted by molar-refractivity contribution is -0.139. The van der Waals surface area contributed by atoms with Gasteiger partial charge in [-0.3, -0.25) is 14.4 Å². The van der Waals surface area contributed by atoms with Gasteiger partial charge < -0.3 is 24.8 Å². The van der Waals surface area contributed by atoms with Gasteiger partial charge >= 0.3 is 11.8 Å². The number of carbonyl (C=O) groups excluding carboxylic acids is 3. The van der Waals surface area contributed by atoms with Crippen molar-refractivity contribution in [2.45, 2.75) is 13.5 Å². The average Bonchev–Trinajstić information content (AvgIpc) is 2.92. The molecule has 37 heavy (non-hydrogen) atoms. The first-order valence-corrected chi connectivity index (χ1v) is 11.5. The van der Waals surface area contributed by atoms with Crippen molar-refractivity contribution in [1.29, 1.82) is 0 Å². The molecule has 0 aliphatic rings. The maximum atomic E-state index is 12.3. The molecule has 0 heterocycles. The van der Waals surface area contributed by atoms with E-state index in [4.69, 9.17) is 14.2 Å². The van der Waals surface area contributed by atoms with Crippen LogP contribution in [-0.4, -0.2) is 44.3 Å². The van der Waals surface area contributed by atoms with E-state index in [1.54, 1.807) is 49.6 Å². The first-order chi connectivity index (χ1) is 18.0. The molecule has 10 heteroatoms. The predicted molar refractivity (Wildman–Crippen MR) is 139 cm³/mol. The van der Waals surface area contributed by atoms with E-state index in [0.29, 0.717) is 35.1 Å². The van der Waals surface area contributed by atoms with E-state index in [0.717, 1.165) is 5.56 Å². The van der Waals surface area contributed by atoms with E-state index >= 15 is 0 Å². The van der Waals surface area contributed by atoms with Crippen LogP contribution in [0, 0.1) is 0 Å². The zero-order valence-corrected chi connectivity index (χ0v) is 20.5. The standard InChI is InChI=1S/C27H28N4O6/c1-3-36-24-14-20(17-29-31-27(34)26(33)28-16-19-8-5-4-6-9-19)12-13-23(24)37-18-25(32)30-21-10-7-11-22(15-21)35-2/h4-15,17H,3,16,18H2,1-2H3,(H,28,33)(H,30,32)(H,31,34)/b29-17-. The molecular weight excluding hydrogens is 476 g/mol. The summed E-state index contributed by atoms with van der Waals surface area (Å²) in [6.07, 6.45) is 1.37. The molecule has 0 unspecified atom stereocenters. The van der Waals surface area contributed by atoms with Crippen LogP contribution in [-0.2, 0) is 20.9 Å². The summed E-state index contributed by atoms with van der Waals surface area (Å²) in [5.74, 6) is -0.656. The van der Waals surface area contributed by atoms with Crippen LogP contribution in [0.5, 0.6) is 17.2 Å². The third-order valence-corrected chi connectivity index (χ3v) is 4.86. The van der Waals surface area contributed by atoms with Crippen molar-refractivity contribution in [3.63, 3.8) is 0 Å². The lowest BCUT2D eigenvalue weighted by atomic mass is 10.2. The molecule has 0 bridgehead atoms. The summed E-state index contributed by atoms with van der Waals surface area (Å²) in [6, 6.07) is 21.1. The van der Waals surface area contributed by atoms with Crippen molar-refractivity contribution < 1.29 is 28.6 Å². The van der Waals surface area contributed by atoms with Crippen LogP contribution in [0.3, 0.4) is 0 Å². The van der Waals surface area contributed by atoms with Crippen LogP contribution < -0.4 is 30.3 Å². The number of anilines is 1. The molecule has 0 aromatic heterocycles. The van der Waals surface area contributed by atoms with Crippen molar-refractivity contribution in [2.75, 3.05) is 25.6 Å². The Morgan fingerprint density at radius 3 is 2.46 bits per heavy atom. The first-order valence-electron chi connectivity index (χ1n) is 11.5. The number of amides is 3. The van der Waals surface area contributed by atoms with Crippen molar-refractivity contribution in [1.82, 2.24) is 10.7 Å².